The van der Waals surface area contributed by atoms with Gasteiger partial charge >= 0.3 is 0 Å². The Hall–Kier alpha value is -1.80. The van der Waals surface area contributed by atoms with Crippen LogP contribution in [0.1, 0.15) is 27.3 Å². The molecule has 0 saturated heterocycles. The SMILES string of the molecule is CCc1nc(C)c(C(=O)NS(=O)(=O)c2ccc(F)cc2)s1. The molecule has 0 spiro atoms. The topological polar surface area (TPSA) is 76.1 Å². The van der Waals surface area contributed by atoms with Gasteiger partial charge in [0.2, 0.25) is 0 Å². The molecule has 0 aliphatic heterocycles. The Morgan fingerprint density at radius 3 is 2.48 bits per heavy atom. The summed E-state index contributed by atoms with van der Waals surface area (Å²) in [7, 11) is -4.03. The maximum Gasteiger partial charge on any atom is 0.276 e. The number of aromatic nitrogens is 1. The van der Waals surface area contributed by atoms with Crippen LogP contribution >= 0.6 is 11.3 Å². The van der Waals surface area contributed by atoms with E-state index in [1.54, 1.807) is 6.92 Å². The van der Waals surface area contributed by atoms with E-state index in [1.165, 1.54) is 0 Å². The van der Waals surface area contributed by atoms with E-state index in [1.807, 2.05) is 11.6 Å². The predicted molar refractivity (Wildman–Crippen MR) is 77.3 cm³/mol. The molecule has 1 aromatic carbocycles. The molecule has 0 bridgehead atoms. The van der Waals surface area contributed by atoms with E-state index in [0.29, 0.717) is 12.1 Å². The molecular weight excluding hydrogens is 315 g/mol. The Kier molecular flexibility index (Phi) is 4.38. The van der Waals surface area contributed by atoms with Crippen LogP contribution in [0, 0.1) is 12.7 Å². The zero-order valence-electron chi connectivity index (χ0n) is 11.4. The third kappa shape index (κ3) is 3.45. The summed E-state index contributed by atoms with van der Waals surface area (Å²) in [6.07, 6.45) is 0.670. The number of halogens is 1. The fourth-order valence-corrected chi connectivity index (χ4v) is 3.58. The summed E-state index contributed by atoms with van der Waals surface area (Å²) >= 11 is 1.16. The van der Waals surface area contributed by atoms with E-state index in [4.69, 9.17) is 0 Å². The minimum atomic E-state index is -4.03. The lowest BCUT2D eigenvalue weighted by Gasteiger charge is -2.05. The minimum absolute atomic E-state index is 0.171. The highest BCUT2D eigenvalue weighted by atomic mass is 32.2. The first-order valence-corrected chi connectivity index (χ1v) is 8.42. The molecule has 2 rings (SSSR count). The summed E-state index contributed by atoms with van der Waals surface area (Å²) in [5.74, 6) is -1.28. The number of hydrogen-bond acceptors (Lipinski definition) is 5. The minimum Gasteiger partial charge on any atom is -0.267 e. The number of aryl methyl sites for hydroxylation is 2. The number of rotatable bonds is 4. The van der Waals surface area contributed by atoms with Crippen molar-refractivity contribution in [2.45, 2.75) is 25.2 Å². The Balaban J connectivity index is 2.25. The van der Waals surface area contributed by atoms with Crippen LogP contribution in [0.3, 0.4) is 0 Å². The van der Waals surface area contributed by atoms with E-state index in [0.717, 1.165) is 40.6 Å². The number of hydrogen-bond donors (Lipinski definition) is 1. The van der Waals surface area contributed by atoms with Crippen LogP contribution < -0.4 is 4.72 Å². The summed E-state index contributed by atoms with van der Waals surface area (Å²) in [4.78, 5) is 16.3. The standard InChI is InChI=1S/C13H13FN2O3S2/c1-3-11-15-8(2)12(20-11)13(17)16-21(18,19)10-6-4-9(14)5-7-10/h4-7H,3H2,1-2H3,(H,16,17). The maximum atomic E-state index is 12.8. The van der Waals surface area contributed by atoms with Crippen LogP contribution in [0.2, 0.25) is 0 Å². The molecule has 1 heterocycles. The van der Waals surface area contributed by atoms with Crippen LogP contribution in [0.4, 0.5) is 4.39 Å². The van der Waals surface area contributed by atoms with E-state index >= 15 is 0 Å². The van der Waals surface area contributed by atoms with Gasteiger partial charge in [-0.1, -0.05) is 6.92 Å². The highest BCUT2D eigenvalue weighted by molar-refractivity contribution is 7.90. The molecule has 21 heavy (non-hydrogen) atoms. The molecule has 5 nitrogen and oxygen atoms in total. The van der Waals surface area contributed by atoms with Crippen molar-refractivity contribution < 1.29 is 17.6 Å². The molecule has 0 aliphatic carbocycles. The third-order valence-corrected chi connectivity index (χ3v) is 5.35. The number of thiazole rings is 1. The Labute approximate surface area is 125 Å². The molecular formula is C13H13FN2O3S2. The van der Waals surface area contributed by atoms with Gasteiger partial charge in [-0.2, -0.15) is 0 Å². The van der Waals surface area contributed by atoms with Gasteiger partial charge in [-0.15, -0.1) is 11.3 Å². The smallest absolute Gasteiger partial charge is 0.267 e. The molecule has 1 aromatic heterocycles. The van der Waals surface area contributed by atoms with Gasteiger partial charge in [0.15, 0.2) is 0 Å². The van der Waals surface area contributed by atoms with Crippen molar-refractivity contribution in [3.63, 3.8) is 0 Å². The first kappa shape index (κ1) is 15.6. The van der Waals surface area contributed by atoms with Crippen LogP contribution in [-0.4, -0.2) is 19.3 Å². The molecule has 0 radical (unpaired) electrons. The summed E-state index contributed by atoms with van der Waals surface area (Å²) in [5, 5.41) is 0.761. The van der Waals surface area contributed by atoms with E-state index in [2.05, 4.69) is 4.98 Å². The predicted octanol–water partition coefficient (Wildman–Crippen LogP) is 2.27. The molecule has 0 aliphatic rings. The molecule has 8 heteroatoms. The van der Waals surface area contributed by atoms with Crippen molar-refractivity contribution in [2.24, 2.45) is 0 Å². The highest BCUT2D eigenvalue weighted by Gasteiger charge is 2.22. The quantitative estimate of drug-likeness (QED) is 0.934. The van der Waals surface area contributed by atoms with Crippen molar-refractivity contribution in [1.29, 1.82) is 0 Å². The largest absolute Gasteiger partial charge is 0.276 e. The third-order valence-electron chi connectivity index (χ3n) is 2.70. The number of carbonyl (C=O) groups excluding carboxylic acids is 1. The zero-order chi connectivity index (χ0) is 15.6. The molecule has 0 atom stereocenters. The van der Waals surface area contributed by atoms with Gasteiger partial charge in [-0.3, -0.25) is 4.79 Å². The second-order valence-electron chi connectivity index (χ2n) is 4.26. The van der Waals surface area contributed by atoms with Crippen LogP contribution in [0.15, 0.2) is 29.2 Å². The molecule has 112 valence electrons. The monoisotopic (exact) mass is 328 g/mol. The van der Waals surface area contributed by atoms with Gasteiger partial charge in [0.05, 0.1) is 15.6 Å². The average molecular weight is 328 g/mol. The van der Waals surface area contributed by atoms with Crippen LogP contribution in [-0.2, 0) is 16.4 Å². The number of nitrogens with zero attached hydrogens (tertiary/aromatic N) is 1. The second-order valence-corrected chi connectivity index (χ2v) is 7.03. The summed E-state index contributed by atoms with van der Waals surface area (Å²) < 4.78 is 38.9. The number of amides is 1. The maximum absolute atomic E-state index is 12.8. The molecule has 1 amide bonds. The van der Waals surface area contributed by atoms with Crippen molar-refractivity contribution in [3.8, 4) is 0 Å². The lowest BCUT2D eigenvalue weighted by molar-refractivity contribution is 0.0984. The van der Waals surface area contributed by atoms with Crippen LogP contribution in [0.25, 0.3) is 0 Å². The van der Waals surface area contributed by atoms with Gasteiger partial charge in [-0.25, -0.2) is 22.5 Å². The van der Waals surface area contributed by atoms with Gasteiger partial charge < -0.3 is 0 Å². The Morgan fingerprint density at radius 2 is 1.95 bits per heavy atom. The summed E-state index contributed by atoms with van der Waals surface area (Å²) in [6.45, 7) is 3.55. The lowest BCUT2D eigenvalue weighted by Crippen LogP contribution is -2.30. The van der Waals surface area contributed by atoms with Gasteiger partial charge in [-0.05, 0) is 37.6 Å². The van der Waals surface area contributed by atoms with E-state index in [-0.39, 0.29) is 9.77 Å². The lowest BCUT2D eigenvalue weighted by atomic mass is 10.4. The number of sulfonamides is 1. The van der Waals surface area contributed by atoms with Gasteiger partial charge in [0, 0.05) is 0 Å². The fraction of sp³-hybridized carbons (Fsp3) is 0.231. The molecule has 2 aromatic rings. The van der Waals surface area contributed by atoms with Gasteiger partial charge in [0.1, 0.15) is 10.7 Å². The van der Waals surface area contributed by atoms with Crippen molar-refractivity contribution >= 4 is 27.3 Å². The summed E-state index contributed by atoms with van der Waals surface area (Å²) in [5.41, 5.74) is 0.489. The number of carbonyl (C=O) groups is 1. The second kappa shape index (κ2) is 5.90. The van der Waals surface area contributed by atoms with Crippen molar-refractivity contribution in [1.82, 2.24) is 9.71 Å². The first-order chi connectivity index (χ1) is 9.83. The molecule has 0 unspecified atom stereocenters. The number of benzene rings is 1. The zero-order valence-corrected chi connectivity index (χ0v) is 13.0. The number of nitrogens with one attached hydrogen (secondary N) is 1. The van der Waals surface area contributed by atoms with Gasteiger partial charge in [0.25, 0.3) is 15.9 Å². The van der Waals surface area contributed by atoms with E-state index < -0.39 is 21.7 Å². The summed E-state index contributed by atoms with van der Waals surface area (Å²) in [6, 6.07) is 4.24. The molecule has 1 N–H and O–H groups in total. The Morgan fingerprint density at radius 1 is 1.33 bits per heavy atom. The van der Waals surface area contributed by atoms with E-state index in [9.17, 15) is 17.6 Å². The molecule has 0 saturated carbocycles. The fourth-order valence-electron chi connectivity index (χ4n) is 1.66. The average Bonchev–Trinajstić information content (AvgIpc) is 2.80. The molecule has 0 fully saturated rings. The van der Waals surface area contributed by atoms with Crippen molar-refractivity contribution in [2.75, 3.05) is 0 Å². The van der Waals surface area contributed by atoms with Crippen LogP contribution in [0.5, 0.6) is 0 Å². The Bertz CT molecular complexity index is 767. The normalized spacial score (nSPS) is 11.4. The van der Waals surface area contributed by atoms with Crippen molar-refractivity contribution in [3.05, 3.63) is 45.7 Å². The highest BCUT2D eigenvalue weighted by Crippen LogP contribution is 2.19. The first-order valence-electron chi connectivity index (χ1n) is 6.12.